The minimum atomic E-state index is -0.702. The minimum Gasteiger partial charge on any atom is -0.207 e. The van der Waals surface area contributed by atoms with Gasteiger partial charge in [-0.3, -0.25) is 0 Å². The molecule has 0 radical (unpaired) electrons. The standard InChI is InChI=1S/C16H14Cl2F2/c17-10-16(11-18,14-3-1-2-4-15(14)20)9-12-5-7-13(19)8-6-12/h1-8H,9-11H2. The Bertz CT molecular complexity index is 563. The van der Waals surface area contributed by atoms with Crippen molar-refractivity contribution in [1.29, 1.82) is 0 Å². The molecule has 0 amide bonds. The van der Waals surface area contributed by atoms with E-state index < -0.39 is 5.41 Å². The molecule has 0 nitrogen and oxygen atoms in total. The Morgan fingerprint density at radius 2 is 1.45 bits per heavy atom. The highest BCUT2D eigenvalue weighted by Gasteiger charge is 2.33. The van der Waals surface area contributed by atoms with Crippen LogP contribution in [0.3, 0.4) is 0 Å². The third-order valence-corrected chi connectivity index (χ3v) is 4.44. The van der Waals surface area contributed by atoms with Crippen molar-refractivity contribution in [1.82, 2.24) is 0 Å². The van der Waals surface area contributed by atoms with Crippen LogP contribution in [0.2, 0.25) is 0 Å². The Balaban J connectivity index is 2.39. The quantitative estimate of drug-likeness (QED) is 0.687. The molecule has 2 aromatic carbocycles. The molecule has 0 spiro atoms. The fourth-order valence-electron chi connectivity index (χ4n) is 2.25. The lowest BCUT2D eigenvalue weighted by atomic mass is 9.78. The molecule has 0 saturated heterocycles. The van der Waals surface area contributed by atoms with Gasteiger partial charge in [0.05, 0.1) is 0 Å². The van der Waals surface area contributed by atoms with Crippen molar-refractivity contribution in [2.45, 2.75) is 11.8 Å². The molecular formula is C16H14Cl2F2. The smallest absolute Gasteiger partial charge is 0.127 e. The Hall–Kier alpha value is -1.12. The molecule has 0 aliphatic heterocycles. The highest BCUT2D eigenvalue weighted by molar-refractivity contribution is 6.22. The van der Waals surface area contributed by atoms with Crippen molar-refractivity contribution in [2.75, 3.05) is 11.8 Å². The lowest BCUT2D eigenvalue weighted by Crippen LogP contribution is -2.34. The first kappa shape index (κ1) is 15.3. The normalized spacial score (nSPS) is 11.6. The van der Waals surface area contributed by atoms with Crippen LogP contribution < -0.4 is 0 Å². The number of alkyl halides is 2. The van der Waals surface area contributed by atoms with Gasteiger partial charge in [0, 0.05) is 17.2 Å². The molecule has 0 fully saturated rings. The molecule has 0 atom stereocenters. The van der Waals surface area contributed by atoms with Gasteiger partial charge in [-0.05, 0) is 35.7 Å². The maximum Gasteiger partial charge on any atom is 0.127 e. The summed E-state index contributed by atoms with van der Waals surface area (Å²) in [7, 11) is 0. The zero-order chi connectivity index (χ0) is 14.6. The Kier molecular flexibility index (Phi) is 5.00. The van der Waals surface area contributed by atoms with Gasteiger partial charge >= 0.3 is 0 Å². The lowest BCUT2D eigenvalue weighted by Gasteiger charge is -2.30. The van der Waals surface area contributed by atoms with Gasteiger partial charge in [0.15, 0.2) is 0 Å². The summed E-state index contributed by atoms with van der Waals surface area (Å²) in [6, 6.07) is 12.6. The maximum absolute atomic E-state index is 14.0. The van der Waals surface area contributed by atoms with Crippen LogP contribution in [0.1, 0.15) is 11.1 Å². The molecule has 0 saturated carbocycles. The molecule has 0 bridgehead atoms. The summed E-state index contributed by atoms with van der Waals surface area (Å²) in [4.78, 5) is 0. The molecule has 2 aromatic rings. The van der Waals surface area contributed by atoms with Crippen molar-refractivity contribution in [2.24, 2.45) is 0 Å². The van der Waals surface area contributed by atoms with Crippen molar-refractivity contribution >= 4 is 23.2 Å². The summed E-state index contributed by atoms with van der Waals surface area (Å²) < 4.78 is 27.0. The second-order valence-electron chi connectivity index (χ2n) is 4.83. The van der Waals surface area contributed by atoms with Crippen molar-refractivity contribution in [3.8, 4) is 0 Å². The summed E-state index contributed by atoms with van der Waals surface area (Å²) in [5.74, 6) is -0.248. The van der Waals surface area contributed by atoms with E-state index in [1.54, 1.807) is 30.3 Å². The van der Waals surface area contributed by atoms with Gasteiger partial charge in [0.25, 0.3) is 0 Å². The molecule has 0 unspecified atom stereocenters. The lowest BCUT2D eigenvalue weighted by molar-refractivity contribution is 0.490. The Morgan fingerprint density at radius 1 is 0.850 bits per heavy atom. The van der Waals surface area contributed by atoms with Gasteiger partial charge in [0.1, 0.15) is 11.6 Å². The number of hydrogen-bond acceptors (Lipinski definition) is 0. The molecule has 0 heterocycles. The first-order valence-corrected chi connectivity index (χ1v) is 7.29. The third kappa shape index (κ3) is 3.13. The van der Waals surface area contributed by atoms with Crippen LogP contribution in [0.15, 0.2) is 48.5 Å². The monoisotopic (exact) mass is 314 g/mol. The van der Waals surface area contributed by atoms with Crippen LogP contribution in [0.4, 0.5) is 8.78 Å². The van der Waals surface area contributed by atoms with Gasteiger partial charge < -0.3 is 0 Å². The van der Waals surface area contributed by atoms with Gasteiger partial charge in [-0.15, -0.1) is 23.2 Å². The highest BCUT2D eigenvalue weighted by atomic mass is 35.5. The Labute approximate surface area is 127 Å². The van der Waals surface area contributed by atoms with Crippen molar-refractivity contribution < 1.29 is 8.78 Å². The molecule has 2 rings (SSSR count). The van der Waals surface area contributed by atoms with E-state index in [1.807, 2.05) is 0 Å². The van der Waals surface area contributed by atoms with Crippen LogP contribution in [0, 0.1) is 11.6 Å². The average Bonchev–Trinajstić information content (AvgIpc) is 2.48. The van der Waals surface area contributed by atoms with Crippen LogP contribution >= 0.6 is 23.2 Å². The topological polar surface area (TPSA) is 0 Å². The van der Waals surface area contributed by atoms with E-state index in [2.05, 4.69) is 0 Å². The van der Waals surface area contributed by atoms with E-state index in [0.717, 1.165) is 5.56 Å². The molecule has 0 aliphatic rings. The fourth-order valence-corrected chi connectivity index (χ4v) is 3.02. The molecule has 0 aromatic heterocycles. The van der Waals surface area contributed by atoms with E-state index in [4.69, 9.17) is 23.2 Å². The number of rotatable bonds is 5. The maximum atomic E-state index is 14.0. The second kappa shape index (κ2) is 6.55. The number of hydrogen-bond donors (Lipinski definition) is 0. The largest absolute Gasteiger partial charge is 0.207 e. The van der Waals surface area contributed by atoms with Gasteiger partial charge in [-0.25, -0.2) is 8.78 Å². The summed E-state index contributed by atoms with van der Waals surface area (Å²) >= 11 is 12.2. The first-order chi connectivity index (χ1) is 9.61. The molecule has 20 heavy (non-hydrogen) atoms. The minimum absolute atomic E-state index is 0.189. The molecule has 106 valence electrons. The van der Waals surface area contributed by atoms with Gasteiger partial charge in [-0.2, -0.15) is 0 Å². The van der Waals surface area contributed by atoms with E-state index in [1.165, 1.54) is 18.2 Å². The number of benzene rings is 2. The van der Waals surface area contributed by atoms with E-state index in [9.17, 15) is 8.78 Å². The first-order valence-electron chi connectivity index (χ1n) is 6.23. The van der Waals surface area contributed by atoms with E-state index >= 15 is 0 Å². The van der Waals surface area contributed by atoms with Crippen LogP contribution in [-0.2, 0) is 11.8 Å². The van der Waals surface area contributed by atoms with E-state index in [0.29, 0.717) is 12.0 Å². The molecular weight excluding hydrogens is 301 g/mol. The van der Waals surface area contributed by atoms with Crippen molar-refractivity contribution in [3.05, 3.63) is 71.3 Å². The SMILES string of the molecule is Fc1ccc(CC(CCl)(CCl)c2ccccc2F)cc1. The predicted molar refractivity (Wildman–Crippen MR) is 79.6 cm³/mol. The molecule has 0 aliphatic carbocycles. The second-order valence-corrected chi connectivity index (χ2v) is 5.37. The predicted octanol–water partition coefficient (Wildman–Crippen LogP) is 4.92. The summed E-state index contributed by atoms with van der Waals surface area (Å²) in [6.07, 6.45) is 0.460. The summed E-state index contributed by atoms with van der Waals surface area (Å²) in [6.45, 7) is 0. The van der Waals surface area contributed by atoms with Gasteiger partial charge in [-0.1, -0.05) is 30.3 Å². The summed E-state index contributed by atoms with van der Waals surface area (Å²) in [5, 5.41) is 0. The average molecular weight is 315 g/mol. The van der Waals surface area contributed by atoms with Crippen LogP contribution in [0.25, 0.3) is 0 Å². The van der Waals surface area contributed by atoms with Crippen molar-refractivity contribution in [3.63, 3.8) is 0 Å². The number of halogens is 4. The molecule has 0 N–H and O–H groups in total. The van der Waals surface area contributed by atoms with Gasteiger partial charge in [0.2, 0.25) is 0 Å². The van der Waals surface area contributed by atoms with Crippen LogP contribution in [0.5, 0.6) is 0 Å². The van der Waals surface area contributed by atoms with Crippen LogP contribution in [-0.4, -0.2) is 11.8 Å². The zero-order valence-electron chi connectivity index (χ0n) is 10.8. The third-order valence-electron chi connectivity index (χ3n) is 3.41. The summed E-state index contributed by atoms with van der Waals surface area (Å²) in [5.41, 5.74) is 0.664. The van der Waals surface area contributed by atoms with E-state index in [-0.39, 0.29) is 23.4 Å². The molecule has 4 heteroatoms. The Morgan fingerprint density at radius 3 is 2.00 bits per heavy atom. The highest BCUT2D eigenvalue weighted by Crippen LogP contribution is 2.33. The zero-order valence-corrected chi connectivity index (χ0v) is 12.3. The fraction of sp³-hybridized carbons (Fsp3) is 0.250.